The van der Waals surface area contributed by atoms with Crippen LogP contribution < -0.4 is 0 Å². The van der Waals surface area contributed by atoms with Crippen molar-refractivity contribution in [1.29, 1.82) is 0 Å². The Kier molecular flexibility index (Phi) is 11.2. The zero-order chi connectivity index (χ0) is 14.8. The SMILES string of the molecule is BrCCC(CCBr)c1ccc(C(CCBr)CCBr)cc1. The molecule has 0 saturated heterocycles. The molecule has 0 aliphatic rings. The van der Waals surface area contributed by atoms with Gasteiger partial charge < -0.3 is 0 Å². The third-order valence-corrected chi connectivity index (χ3v) is 5.54. The van der Waals surface area contributed by atoms with Gasteiger partial charge in [0.2, 0.25) is 0 Å². The monoisotopic (exact) mass is 530 g/mol. The molecule has 4 heteroatoms. The predicted molar refractivity (Wildman–Crippen MR) is 106 cm³/mol. The Morgan fingerprint density at radius 1 is 0.550 bits per heavy atom. The summed E-state index contributed by atoms with van der Waals surface area (Å²) in [5, 5.41) is 4.29. The predicted octanol–water partition coefficient (Wildman–Crippen LogP) is 6.99. The van der Waals surface area contributed by atoms with Gasteiger partial charge in [-0.1, -0.05) is 88.0 Å². The normalized spacial score (nSPS) is 11.5. The molecule has 0 amide bonds. The molecule has 20 heavy (non-hydrogen) atoms. The summed E-state index contributed by atoms with van der Waals surface area (Å²) in [5.41, 5.74) is 2.95. The summed E-state index contributed by atoms with van der Waals surface area (Å²) in [6.45, 7) is 0. The minimum absolute atomic E-state index is 0.661. The molecule has 114 valence electrons. The quantitative estimate of drug-likeness (QED) is 0.284. The standard InChI is InChI=1S/C16H22Br4/c17-9-5-15(6-10-18)13-1-2-14(4-3-13)16(7-11-19)8-12-20/h1-4,15-16H,5-12H2. The van der Waals surface area contributed by atoms with Crippen molar-refractivity contribution in [3.8, 4) is 0 Å². The second-order valence-electron chi connectivity index (χ2n) is 4.97. The van der Waals surface area contributed by atoms with E-state index in [2.05, 4.69) is 88.0 Å². The first-order chi connectivity index (χ1) is 9.76. The van der Waals surface area contributed by atoms with Crippen LogP contribution in [0.15, 0.2) is 24.3 Å². The van der Waals surface area contributed by atoms with E-state index in [1.54, 1.807) is 0 Å². The molecule has 0 bridgehead atoms. The molecule has 0 atom stereocenters. The third-order valence-electron chi connectivity index (χ3n) is 3.71. The molecule has 0 aliphatic carbocycles. The summed E-state index contributed by atoms with van der Waals surface area (Å²) in [4.78, 5) is 0. The molecule has 1 rings (SSSR count). The minimum atomic E-state index is 0.661. The zero-order valence-electron chi connectivity index (χ0n) is 11.6. The fraction of sp³-hybridized carbons (Fsp3) is 0.625. The number of benzene rings is 1. The summed E-state index contributed by atoms with van der Waals surface area (Å²) in [5.74, 6) is 1.32. The fourth-order valence-electron chi connectivity index (χ4n) is 2.52. The van der Waals surface area contributed by atoms with Crippen LogP contribution in [0.5, 0.6) is 0 Å². The van der Waals surface area contributed by atoms with E-state index in [0.29, 0.717) is 11.8 Å². The summed E-state index contributed by atoms with van der Waals surface area (Å²) in [6, 6.07) is 9.34. The Labute approximate surface area is 157 Å². The molecule has 0 unspecified atom stereocenters. The van der Waals surface area contributed by atoms with Crippen LogP contribution in [0.4, 0.5) is 0 Å². The topological polar surface area (TPSA) is 0 Å². The molecule has 1 aromatic rings. The molecule has 0 aliphatic heterocycles. The highest BCUT2D eigenvalue weighted by Gasteiger charge is 2.13. The second-order valence-corrected chi connectivity index (χ2v) is 8.14. The molecule has 0 radical (unpaired) electrons. The molecule has 0 nitrogen and oxygen atoms in total. The maximum absolute atomic E-state index is 3.57. The van der Waals surface area contributed by atoms with Crippen molar-refractivity contribution in [2.24, 2.45) is 0 Å². The lowest BCUT2D eigenvalue weighted by atomic mass is 9.89. The Hall–Kier alpha value is 1.14. The van der Waals surface area contributed by atoms with Gasteiger partial charge in [0.25, 0.3) is 0 Å². The van der Waals surface area contributed by atoms with Crippen LogP contribution in [-0.2, 0) is 0 Å². The molecule has 0 heterocycles. The summed E-state index contributed by atoms with van der Waals surface area (Å²) >= 11 is 14.3. The van der Waals surface area contributed by atoms with Gasteiger partial charge in [-0.05, 0) is 48.6 Å². The highest BCUT2D eigenvalue weighted by Crippen LogP contribution is 2.29. The van der Waals surface area contributed by atoms with Crippen molar-refractivity contribution >= 4 is 63.7 Å². The van der Waals surface area contributed by atoms with Crippen LogP contribution in [-0.4, -0.2) is 21.3 Å². The molecule has 0 saturated carbocycles. The number of halogens is 4. The lowest BCUT2D eigenvalue weighted by Crippen LogP contribution is -2.04. The van der Waals surface area contributed by atoms with Crippen molar-refractivity contribution in [2.45, 2.75) is 37.5 Å². The van der Waals surface area contributed by atoms with Gasteiger partial charge in [0.05, 0.1) is 0 Å². The van der Waals surface area contributed by atoms with Gasteiger partial charge in [0.15, 0.2) is 0 Å². The number of hydrogen-bond acceptors (Lipinski definition) is 0. The average molecular weight is 534 g/mol. The molecule has 0 N–H and O–H groups in total. The smallest absolute Gasteiger partial charge is 0.00371 e. The molecule has 1 aromatic carbocycles. The zero-order valence-corrected chi connectivity index (χ0v) is 18.0. The van der Waals surface area contributed by atoms with Gasteiger partial charge in [-0.3, -0.25) is 0 Å². The van der Waals surface area contributed by atoms with Gasteiger partial charge in [-0.15, -0.1) is 0 Å². The Bertz CT molecular complexity index is 303. The van der Waals surface area contributed by atoms with Gasteiger partial charge in [-0.25, -0.2) is 0 Å². The van der Waals surface area contributed by atoms with E-state index < -0.39 is 0 Å². The molecular formula is C16H22Br4. The van der Waals surface area contributed by atoms with Crippen molar-refractivity contribution in [3.05, 3.63) is 35.4 Å². The first kappa shape index (κ1) is 19.2. The van der Waals surface area contributed by atoms with E-state index in [-0.39, 0.29) is 0 Å². The Morgan fingerprint density at radius 3 is 1.00 bits per heavy atom. The van der Waals surface area contributed by atoms with E-state index in [1.807, 2.05) is 0 Å². The molecule has 0 fully saturated rings. The van der Waals surface area contributed by atoms with Gasteiger partial charge in [0.1, 0.15) is 0 Å². The van der Waals surface area contributed by atoms with Crippen LogP contribution in [0, 0.1) is 0 Å². The maximum atomic E-state index is 3.57. The van der Waals surface area contributed by atoms with Crippen LogP contribution in [0.1, 0.15) is 48.6 Å². The van der Waals surface area contributed by atoms with Crippen molar-refractivity contribution in [3.63, 3.8) is 0 Å². The van der Waals surface area contributed by atoms with Crippen molar-refractivity contribution < 1.29 is 0 Å². The summed E-state index contributed by atoms with van der Waals surface area (Å²) < 4.78 is 0. The van der Waals surface area contributed by atoms with Gasteiger partial charge in [-0.2, -0.15) is 0 Å². The molecule has 0 aromatic heterocycles. The van der Waals surface area contributed by atoms with E-state index in [4.69, 9.17) is 0 Å². The van der Waals surface area contributed by atoms with Crippen LogP contribution in [0.2, 0.25) is 0 Å². The lowest BCUT2D eigenvalue weighted by Gasteiger charge is -2.18. The maximum Gasteiger partial charge on any atom is 0.00371 e. The van der Waals surface area contributed by atoms with E-state index in [0.717, 1.165) is 21.3 Å². The molecular weight excluding hydrogens is 512 g/mol. The summed E-state index contributed by atoms with van der Waals surface area (Å²) in [6.07, 6.45) is 4.82. The number of rotatable bonds is 10. The first-order valence-electron chi connectivity index (χ1n) is 7.10. The first-order valence-corrected chi connectivity index (χ1v) is 11.6. The Balaban J connectivity index is 2.79. The lowest BCUT2D eigenvalue weighted by molar-refractivity contribution is 0.645. The van der Waals surface area contributed by atoms with Crippen molar-refractivity contribution in [1.82, 2.24) is 0 Å². The van der Waals surface area contributed by atoms with Crippen molar-refractivity contribution in [2.75, 3.05) is 21.3 Å². The van der Waals surface area contributed by atoms with E-state index >= 15 is 0 Å². The highest BCUT2D eigenvalue weighted by atomic mass is 79.9. The Morgan fingerprint density at radius 2 is 0.800 bits per heavy atom. The van der Waals surface area contributed by atoms with Crippen LogP contribution >= 0.6 is 63.7 Å². The number of alkyl halides is 4. The highest BCUT2D eigenvalue weighted by molar-refractivity contribution is 9.09. The van der Waals surface area contributed by atoms with Crippen LogP contribution in [0.25, 0.3) is 0 Å². The van der Waals surface area contributed by atoms with E-state index in [9.17, 15) is 0 Å². The second kappa shape index (κ2) is 11.7. The van der Waals surface area contributed by atoms with E-state index in [1.165, 1.54) is 36.8 Å². The van der Waals surface area contributed by atoms with Gasteiger partial charge in [0, 0.05) is 21.3 Å². The summed E-state index contributed by atoms with van der Waals surface area (Å²) in [7, 11) is 0. The average Bonchev–Trinajstić information content (AvgIpc) is 2.47. The fourth-order valence-corrected chi connectivity index (χ4v) is 4.73. The van der Waals surface area contributed by atoms with Gasteiger partial charge >= 0.3 is 0 Å². The largest absolute Gasteiger partial charge is 0.0928 e. The number of hydrogen-bond donors (Lipinski definition) is 0. The minimum Gasteiger partial charge on any atom is -0.0928 e. The molecule has 0 spiro atoms. The third kappa shape index (κ3) is 6.50. The van der Waals surface area contributed by atoms with Crippen LogP contribution in [0.3, 0.4) is 0 Å².